The Balaban J connectivity index is 2.66. The van der Waals surface area contributed by atoms with E-state index in [1.54, 1.807) is 6.07 Å². The van der Waals surface area contributed by atoms with E-state index >= 15 is 0 Å². The molecule has 1 aromatic carbocycles. The van der Waals surface area contributed by atoms with Gasteiger partial charge in [-0.05, 0) is 19.1 Å². The lowest BCUT2D eigenvalue weighted by Crippen LogP contribution is -2.17. The second kappa shape index (κ2) is 4.89. The van der Waals surface area contributed by atoms with E-state index in [2.05, 4.69) is 9.97 Å². The lowest BCUT2D eigenvalue weighted by atomic mass is 9.95. The second-order valence-electron chi connectivity index (χ2n) is 5.57. The van der Waals surface area contributed by atoms with Gasteiger partial charge in [0.15, 0.2) is 0 Å². The Labute approximate surface area is 117 Å². The first-order valence-electron chi connectivity index (χ1n) is 6.09. The minimum atomic E-state index is -0.288. The summed E-state index contributed by atoms with van der Waals surface area (Å²) in [5, 5.41) is 0.416. The average molecular weight is 279 g/mol. The van der Waals surface area contributed by atoms with Crippen LogP contribution in [0.2, 0.25) is 5.15 Å². The standard InChI is InChI=1S/C15H16ClFN2/c1-9-12(10-6-5-7-11(17)8-10)18-14(15(2,3)4)19-13(9)16/h5-8H,1-4H3. The maximum absolute atomic E-state index is 13.3. The normalized spacial score (nSPS) is 11.7. The quantitative estimate of drug-likeness (QED) is 0.716. The van der Waals surface area contributed by atoms with Gasteiger partial charge in [0.2, 0.25) is 0 Å². The van der Waals surface area contributed by atoms with E-state index < -0.39 is 0 Å². The lowest BCUT2D eigenvalue weighted by molar-refractivity contribution is 0.545. The van der Waals surface area contributed by atoms with Gasteiger partial charge >= 0.3 is 0 Å². The average Bonchev–Trinajstić information content (AvgIpc) is 2.31. The van der Waals surface area contributed by atoms with Crippen molar-refractivity contribution in [3.05, 3.63) is 46.6 Å². The molecule has 1 aromatic heterocycles. The maximum Gasteiger partial charge on any atom is 0.136 e. The highest BCUT2D eigenvalue weighted by atomic mass is 35.5. The molecule has 100 valence electrons. The highest BCUT2D eigenvalue weighted by molar-refractivity contribution is 6.30. The third-order valence-corrected chi connectivity index (χ3v) is 3.22. The van der Waals surface area contributed by atoms with Gasteiger partial charge in [0, 0.05) is 16.5 Å². The van der Waals surface area contributed by atoms with E-state index in [1.165, 1.54) is 12.1 Å². The molecule has 0 aliphatic carbocycles. The molecule has 2 nitrogen and oxygen atoms in total. The molecular formula is C15H16ClFN2. The molecule has 0 saturated heterocycles. The highest BCUT2D eigenvalue weighted by Crippen LogP contribution is 2.29. The van der Waals surface area contributed by atoms with Crippen LogP contribution in [0.4, 0.5) is 4.39 Å². The first kappa shape index (κ1) is 13.9. The molecule has 0 unspecified atom stereocenters. The van der Waals surface area contributed by atoms with Crippen molar-refractivity contribution in [3.63, 3.8) is 0 Å². The summed E-state index contributed by atoms with van der Waals surface area (Å²) in [7, 11) is 0. The predicted molar refractivity (Wildman–Crippen MR) is 75.9 cm³/mol. The van der Waals surface area contributed by atoms with Crippen molar-refractivity contribution in [2.24, 2.45) is 0 Å². The van der Waals surface area contributed by atoms with E-state index in [0.717, 1.165) is 5.56 Å². The molecule has 0 amide bonds. The van der Waals surface area contributed by atoms with Crippen LogP contribution in [0.5, 0.6) is 0 Å². The first-order valence-corrected chi connectivity index (χ1v) is 6.47. The van der Waals surface area contributed by atoms with Gasteiger partial charge in [-0.1, -0.05) is 44.5 Å². The summed E-state index contributed by atoms with van der Waals surface area (Å²) in [5.41, 5.74) is 1.95. The van der Waals surface area contributed by atoms with E-state index in [-0.39, 0.29) is 11.2 Å². The van der Waals surface area contributed by atoms with Crippen molar-refractivity contribution < 1.29 is 4.39 Å². The Morgan fingerprint density at radius 2 is 1.84 bits per heavy atom. The zero-order valence-electron chi connectivity index (χ0n) is 11.5. The molecule has 0 atom stereocenters. The van der Waals surface area contributed by atoms with Crippen molar-refractivity contribution in [1.29, 1.82) is 0 Å². The fourth-order valence-electron chi connectivity index (χ4n) is 1.74. The number of benzene rings is 1. The Morgan fingerprint density at radius 1 is 1.16 bits per heavy atom. The SMILES string of the molecule is Cc1c(Cl)nc(C(C)(C)C)nc1-c1cccc(F)c1. The maximum atomic E-state index is 13.3. The summed E-state index contributed by atoms with van der Waals surface area (Å²) in [6.07, 6.45) is 0. The minimum absolute atomic E-state index is 0.209. The Kier molecular flexibility index (Phi) is 3.59. The van der Waals surface area contributed by atoms with E-state index in [9.17, 15) is 4.39 Å². The molecule has 0 aliphatic rings. The first-order chi connectivity index (χ1) is 8.79. The third kappa shape index (κ3) is 2.92. The number of rotatable bonds is 1. The lowest BCUT2D eigenvalue weighted by Gasteiger charge is -2.19. The molecule has 0 fully saturated rings. The van der Waals surface area contributed by atoms with Crippen molar-refractivity contribution in [3.8, 4) is 11.3 Å². The van der Waals surface area contributed by atoms with Crippen LogP contribution < -0.4 is 0 Å². The molecule has 0 bridgehead atoms. The van der Waals surface area contributed by atoms with Gasteiger partial charge in [0.05, 0.1) is 5.69 Å². The Bertz CT molecular complexity index is 618. The zero-order valence-corrected chi connectivity index (χ0v) is 12.2. The van der Waals surface area contributed by atoms with Gasteiger partial charge in [0.25, 0.3) is 0 Å². The molecule has 0 saturated carbocycles. The molecule has 1 heterocycles. The van der Waals surface area contributed by atoms with Crippen LogP contribution in [0.15, 0.2) is 24.3 Å². The number of hydrogen-bond acceptors (Lipinski definition) is 2. The van der Waals surface area contributed by atoms with Crippen molar-refractivity contribution in [2.75, 3.05) is 0 Å². The third-order valence-electron chi connectivity index (χ3n) is 2.86. The number of halogens is 2. The Morgan fingerprint density at radius 3 is 2.42 bits per heavy atom. The van der Waals surface area contributed by atoms with Crippen LogP contribution in [-0.4, -0.2) is 9.97 Å². The Hall–Kier alpha value is -1.48. The summed E-state index contributed by atoms with van der Waals surface area (Å²) >= 11 is 6.17. The number of hydrogen-bond donors (Lipinski definition) is 0. The molecule has 2 rings (SSSR count). The summed E-state index contributed by atoms with van der Waals surface area (Å²) in [6.45, 7) is 7.89. The summed E-state index contributed by atoms with van der Waals surface area (Å²) in [4.78, 5) is 8.87. The predicted octanol–water partition coefficient (Wildman–Crippen LogP) is 4.54. The topological polar surface area (TPSA) is 25.8 Å². The number of aromatic nitrogens is 2. The van der Waals surface area contributed by atoms with Crippen LogP contribution in [0.3, 0.4) is 0 Å². The molecule has 19 heavy (non-hydrogen) atoms. The van der Waals surface area contributed by atoms with Crippen LogP contribution in [0.25, 0.3) is 11.3 Å². The van der Waals surface area contributed by atoms with Crippen molar-refractivity contribution >= 4 is 11.6 Å². The monoisotopic (exact) mass is 278 g/mol. The van der Waals surface area contributed by atoms with Gasteiger partial charge in [0.1, 0.15) is 16.8 Å². The second-order valence-corrected chi connectivity index (χ2v) is 5.93. The fourth-order valence-corrected chi connectivity index (χ4v) is 1.91. The van der Waals surface area contributed by atoms with E-state index in [1.807, 2.05) is 33.8 Å². The molecule has 4 heteroatoms. The zero-order chi connectivity index (χ0) is 14.2. The van der Waals surface area contributed by atoms with Crippen LogP contribution >= 0.6 is 11.6 Å². The largest absolute Gasteiger partial charge is 0.232 e. The summed E-state index contributed by atoms with van der Waals surface area (Å²) < 4.78 is 13.3. The van der Waals surface area contributed by atoms with E-state index in [4.69, 9.17) is 11.6 Å². The minimum Gasteiger partial charge on any atom is -0.232 e. The summed E-state index contributed by atoms with van der Waals surface area (Å²) in [6, 6.07) is 6.35. The van der Waals surface area contributed by atoms with Crippen LogP contribution in [0.1, 0.15) is 32.2 Å². The highest BCUT2D eigenvalue weighted by Gasteiger charge is 2.21. The molecule has 0 N–H and O–H groups in total. The van der Waals surface area contributed by atoms with Gasteiger partial charge < -0.3 is 0 Å². The molecule has 0 spiro atoms. The van der Waals surface area contributed by atoms with Crippen molar-refractivity contribution in [2.45, 2.75) is 33.1 Å². The van der Waals surface area contributed by atoms with E-state index in [0.29, 0.717) is 22.2 Å². The van der Waals surface area contributed by atoms with Gasteiger partial charge in [-0.2, -0.15) is 0 Å². The molecule has 0 aliphatic heterocycles. The molecule has 2 aromatic rings. The number of nitrogens with zero attached hydrogens (tertiary/aromatic N) is 2. The van der Waals surface area contributed by atoms with Gasteiger partial charge in [-0.25, -0.2) is 14.4 Å². The van der Waals surface area contributed by atoms with Gasteiger partial charge in [-0.15, -0.1) is 0 Å². The summed E-state index contributed by atoms with van der Waals surface area (Å²) in [5.74, 6) is 0.367. The molecule has 0 radical (unpaired) electrons. The van der Waals surface area contributed by atoms with Crippen LogP contribution in [-0.2, 0) is 5.41 Å². The van der Waals surface area contributed by atoms with Crippen LogP contribution in [0, 0.1) is 12.7 Å². The molecular weight excluding hydrogens is 263 g/mol. The fraction of sp³-hybridized carbons (Fsp3) is 0.333. The smallest absolute Gasteiger partial charge is 0.136 e. The van der Waals surface area contributed by atoms with Crippen molar-refractivity contribution in [1.82, 2.24) is 9.97 Å². The van der Waals surface area contributed by atoms with Gasteiger partial charge in [-0.3, -0.25) is 0 Å².